The number of halogens is 1. The summed E-state index contributed by atoms with van der Waals surface area (Å²) in [5.41, 5.74) is 0.0968. The fourth-order valence-corrected chi connectivity index (χ4v) is 0.669. The Hall–Kier alpha value is -1.83. The Morgan fingerprint density at radius 2 is 1.75 bits per heavy atom. The number of nitrogens with zero attached hydrogens (tertiary/aromatic N) is 3. The SMILES string of the molecule is N#[N+]c1cccc([N+](=O)[O-])c1.[O-][Cl+3]([O-])([O-])[O-]. The van der Waals surface area contributed by atoms with Gasteiger partial charge in [-0.3, -0.25) is 10.1 Å². The summed E-state index contributed by atoms with van der Waals surface area (Å²) >= 11 is 0. The van der Waals surface area contributed by atoms with Crippen LogP contribution in [0.3, 0.4) is 0 Å². The van der Waals surface area contributed by atoms with Crippen molar-refractivity contribution in [2.24, 2.45) is 0 Å². The molecule has 0 aliphatic heterocycles. The topological polar surface area (TPSA) is 164 Å². The maximum atomic E-state index is 10.2. The van der Waals surface area contributed by atoms with Crippen molar-refractivity contribution in [1.82, 2.24) is 0 Å². The minimum Gasteiger partial charge on any atom is -0.258 e. The van der Waals surface area contributed by atoms with E-state index in [2.05, 4.69) is 4.98 Å². The Kier molecular flexibility index (Phi) is 5.23. The molecule has 0 fully saturated rings. The highest BCUT2D eigenvalue weighted by Crippen LogP contribution is 2.18. The smallest absolute Gasteiger partial charge is 0.258 e. The molecule has 1 aromatic carbocycles. The van der Waals surface area contributed by atoms with E-state index in [4.69, 9.17) is 24.0 Å². The first-order chi connectivity index (χ1) is 7.24. The van der Waals surface area contributed by atoms with Crippen molar-refractivity contribution >= 4 is 11.4 Å². The highest BCUT2D eigenvalue weighted by Gasteiger charge is 2.11. The molecule has 0 aliphatic rings. The molecule has 0 saturated carbocycles. The van der Waals surface area contributed by atoms with Crippen LogP contribution in [0.1, 0.15) is 0 Å². The standard InChI is InChI=1S/C6H4N3O2.ClHO4/c7-8-5-2-1-3-6(4-5)9(10)11;2-1(3,4)5/h1-4H;(H,2,3,4,5)/q+1;/p-1. The average Bonchev–Trinajstić information content (AvgIpc) is 2.15. The normalized spacial score (nSPS) is 9.69. The third kappa shape index (κ3) is 7.56. The van der Waals surface area contributed by atoms with E-state index in [0.717, 1.165) is 0 Å². The highest BCUT2D eigenvalue weighted by molar-refractivity contribution is 5.50. The van der Waals surface area contributed by atoms with Crippen LogP contribution in [0.5, 0.6) is 0 Å². The molecule has 0 saturated heterocycles. The number of nitro groups is 1. The third-order valence-corrected chi connectivity index (χ3v) is 1.16. The number of hydrogen-bond donors (Lipinski definition) is 0. The molecule has 16 heavy (non-hydrogen) atoms. The molecule has 0 atom stereocenters. The van der Waals surface area contributed by atoms with Gasteiger partial charge in [0, 0.05) is 12.1 Å². The van der Waals surface area contributed by atoms with E-state index in [1.165, 1.54) is 24.3 Å². The number of nitro benzene ring substituents is 1. The largest absolute Gasteiger partial charge is 0.391 e. The number of non-ortho nitro benzene ring substituents is 1. The first-order valence-corrected chi connectivity index (χ1v) is 4.69. The molecular formula is C6H4ClN3O6. The van der Waals surface area contributed by atoms with Gasteiger partial charge < -0.3 is 0 Å². The molecule has 0 N–H and O–H groups in total. The Morgan fingerprint density at radius 3 is 2.12 bits per heavy atom. The summed E-state index contributed by atoms with van der Waals surface area (Å²) in [7, 11) is -4.94. The van der Waals surface area contributed by atoms with Crippen LogP contribution in [0, 0.1) is 25.8 Å². The van der Waals surface area contributed by atoms with Crippen LogP contribution in [0.4, 0.5) is 11.4 Å². The van der Waals surface area contributed by atoms with Gasteiger partial charge in [-0.15, -0.1) is 10.2 Å². The summed E-state index contributed by atoms with van der Waals surface area (Å²) in [6.07, 6.45) is 0. The first-order valence-electron chi connectivity index (χ1n) is 3.45. The van der Waals surface area contributed by atoms with Gasteiger partial charge in [-0.2, -0.15) is 0 Å². The minimum absolute atomic E-state index is 0.0831. The van der Waals surface area contributed by atoms with Gasteiger partial charge in [0.15, 0.2) is 4.98 Å². The second kappa shape index (κ2) is 5.91. The minimum atomic E-state index is -4.94. The molecule has 1 aromatic rings. The Labute approximate surface area is 90.7 Å². The molecule has 9 nitrogen and oxygen atoms in total. The van der Waals surface area contributed by atoms with Crippen molar-refractivity contribution in [3.63, 3.8) is 0 Å². The van der Waals surface area contributed by atoms with Crippen molar-refractivity contribution in [2.45, 2.75) is 0 Å². The number of hydrogen-bond acceptors (Lipinski definition) is 7. The second-order valence-electron chi connectivity index (χ2n) is 2.25. The first kappa shape index (κ1) is 14.2. The van der Waals surface area contributed by atoms with Crippen LogP contribution in [0.25, 0.3) is 4.98 Å². The Bertz CT molecular complexity index is 405. The van der Waals surface area contributed by atoms with Crippen LogP contribution in [0.2, 0.25) is 0 Å². The predicted octanol–water partition coefficient (Wildman–Crippen LogP) is -2.68. The van der Waals surface area contributed by atoms with Crippen molar-refractivity contribution in [3.8, 4) is 0 Å². The molecular weight excluding hydrogens is 246 g/mol. The maximum absolute atomic E-state index is 10.2. The summed E-state index contributed by atoms with van der Waals surface area (Å²) in [6, 6.07) is 5.43. The van der Waals surface area contributed by atoms with Gasteiger partial charge >= 0.3 is 5.69 Å². The molecule has 0 unspecified atom stereocenters. The molecule has 0 bridgehead atoms. The zero-order valence-corrected chi connectivity index (χ0v) is 8.23. The van der Waals surface area contributed by atoms with E-state index in [1.807, 2.05) is 0 Å². The van der Waals surface area contributed by atoms with Gasteiger partial charge in [0.1, 0.15) is 6.07 Å². The van der Waals surface area contributed by atoms with Crippen molar-refractivity contribution in [3.05, 3.63) is 39.4 Å². The number of diazo groups is 1. The molecule has 0 heterocycles. The second-order valence-corrected chi connectivity index (χ2v) is 3.01. The van der Waals surface area contributed by atoms with Crippen molar-refractivity contribution < 1.29 is 33.8 Å². The van der Waals surface area contributed by atoms with Crippen LogP contribution < -0.4 is 18.6 Å². The molecule has 0 amide bonds. The highest BCUT2D eigenvalue weighted by atomic mass is 35.7. The molecule has 0 aliphatic carbocycles. The van der Waals surface area contributed by atoms with Gasteiger partial charge in [0.25, 0.3) is 5.69 Å². The molecule has 0 aromatic heterocycles. The van der Waals surface area contributed by atoms with Gasteiger partial charge in [0.2, 0.25) is 5.39 Å². The Balaban J connectivity index is 0.000000385. The summed E-state index contributed by atoms with van der Waals surface area (Å²) in [6.45, 7) is 0. The maximum Gasteiger partial charge on any atom is 0.391 e. The lowest BCUT2D eigenvalue weighted by Gasteiger charge is -2.17. The molecule has 1 rings (SSSR count). The van der Waals surface area contributed by atoms with Gasteiger partial charge in [-0.1, -0.05) is 0 Å². The lowest BCUT2D eigenvalue weighted by atomic mass is 10.3. The van der Waals surface area contributed by atoms with E-state index < -0.39 is 15.2 Å². The van der Waals surface area contributed by atoms with Crippen LogP contribution in [-0.2, 0) is 0 Å². The molecule has 0 radical (unpaired) electrons. The zero-order valence-electron chi connectivity index (χ0n) is 7.48. The van der Waals surface area contributed by atoms with Gasteiger partial charge in [0.05, 0.1) is 4.92 Å². The quantitative estimate of drug-likeness (QED) is 0.297. The van der Waals surface area contributed by atoms with E-state index in [0.29, 0.717) is 0 Å². The Morgan fingerprint density at radius 1 is 1.25 bits per heavy atom. The summed E-state index contributed by atoms with van der Waals surface area (Å²) in [5.74, 6) is 0. The van der Waals surface area contributed by atoms with Gasteiger partial charge in [-0.25, -0.2) is 18.6 Å². The summed E-state index contributed by atoms with van der Waals surface area (Å²) in [5, 5.41) is 18.4. The molecule has 10 heteroatoms. The lowest BCUT2D eigenvalue weighted by molar-refractivity contribution is -2.00. The van der Waals surface area contributed by atoms with E-state index in [-0.39, 0.29) is 11.4 Å². The number of rotatable bonds is 1. The predicted molar refractivity (Wildman–Crippen MR) is 37.8 cm³/mol. The molecule has 0 spiro atoms. The van der Waals surface area contributed by atoms with E-state index >= 15 is 0 Å². The van der Waals surface area contributed by atoms with E-state index in [1.54, 1.807) is 0 Å². The zero-order chi connectivity index (χ0) is 12.8. The summed E-state index contributed by atoms with van der Waals surface area (Å²) < 4.78 is 34.0. The summed E-state index contributed by atoms with van der Waals surface area (Å²) in [4.78, 5) is 12.4. The average molecular weight is 250 g/mol. The van der Waals surface area contributed by atoms with Crippen LogP contribution in [0.15, 0.2) is 24.3 Å². The van der Waals surface area contributed by atoms with E-state index in [9.17, 15) is 10.1 Å². The van der Waals surface area contributed by atoms with Crippen molar-refractivity contribution in [1.29, 1.82) is 5.39 Å². The van der Waals surface area contributed by atoms with Crippen molar-refractivity contribution in [2.75, 3.05) is 0 Å². The number of benzene rings is 1. The third-order valence-electron chi connectivity index (χ3n) is 1.16. The van der Waals surface area contributed by atoms with Crippen LogP contribution >= 0.6 is 0 Å². The lowest BCUT2D eigenvalue weighted by Crippen LogP contribution is -2.68. The fraction of sp³-hybridized carbons (Fsp3) is 0. The fourth-order valence-electron chi connectivity index (χ4n) is 0.669. The van der Waals surface area contributed by atoms with Crippen LogP contribution in [-0.4, -0.2) is 4.92 Å². The molecule has 86 valence electrons. The van der Waals surface area contributed by atoms with Gasteiger partial charge in [-0.05, 0) is 6.07 Å². The monoisotopic (exact) mass is 249 g/mol.